The molecule has 0 bridgehead atoms. The highest BCUT2D eigenvalue weighted by Crippen LogP contribution is 2.24. The zero-order valence-electron chi connectivity index (χ0n) is 29.9. The molecule has 0 saturated carbocycles. The number of benzene rings is 3. The van der Waals surface area contributed by atoms with Crippen molar-refractivity contribution in [3.8, 4) is 28.3 Å². The summed E-state index contributed by atoms with van der Waals surface area (Å²) in [6, 6.07) is 22.3. The number of aromatic nitrogens is 2. The quantitative estimate of drug-likeness (QED) is 0.102. The maximum Gasteiger partial charge on any atom is 0.308 e. The molecule has 1 aromatic heterocycles. The third-order valence-corrected chi connectivity index (χ3v) is 9.50. The van der Waals surface area contributed by atoms with Crippen LogP contribution in [0.25, 0.3) is 22.5 Å². The van der Waals surface area contributed by atoms with Gasteiger partial charge in [-0.15, -0.1) is 0 Å². The standard InChI is InChI=1S/C42H50N4O5/c1-3-5-7-8-9-25-51-37-21-19-32(20-22-37)36-27-43-39(44-28-36)33-15-13-31(14-16-33)26-38(41(48)46-24-23-35(29-46)42(49)50)45-40(47)34-17-11-30(12-18-34)10-6-4-2/h11-22,27-28,35,38H,3-10,23-26,29H2,1-2H3,(H,45,47)(H,49,50)/t35-,38-/m0/s1. The number of carboxylic acids is 1. The Morgan fingerprint density at radius 1 is 0.804 bits per heavy atom. The van der Waals surface area contributed by atoms with Crippen molar-refractivity contribution < 1.29 is 24.2 Å². The maximum atomic E-state index is 13.7. The molecule has 9 heteroatoms. The molecule has 3 aromatic carbocycles. The first-order chi connectivity index (χ1) is 24.8. The number of carbonyl (C=O) groups is 3. The van der Waals surface area contributed by atoms with Gasteiger partial charge in [0.15, 0.2) is 5.82 Å². The average molecular weight is 691 g/mol. The van der Waals surface area contributed by atoms with E-state index in [2.05, 4.69) is 29.1 Å². The minimum absolute atomic E-state index is 0.135. The monoisotopic (exact) mass is 690 g/mol. The van der Waals surface area contributed by atoms with Crippen LogP contribution in [-0.2, 0) is 22.4 Å². The normalized spacial score (nSPS) is 14.6. The van der Waals surface area contributed by atoms with Crippen molar-refractivity contribution in [3.63, 3.8) is 0 Å². The van der Waals surface area contributed by atoms with Crippen molar-refractivity contribution in [2.45, 2.75) is 84.1 Å². The zero-order valence-corrected chi connectivity index (χ0v) is 29.9. The Morgan fingerprint density at radius 2 is 1.45 bits per heavy atom. The van der Waals surface area contributed by atoms with E-state index in [1.54, 1.807) is 29.4 Å². The van der Waals surface area contributed by atoms with E-state index in [0.717, 1.165) is 60.3 Å². The van der Waals surface area contributed by atoms with Crippen LogP contribution in [0.4, 0.5) is 0 Å². The summed E-state index contributed by atoms with van der Waals surface area (Å²) in [5, 5.41) is 12.4. The van der Waals surface area contributed by atoms with Crippen LogP contribution in [0.2, 0.25) is 0 Å². The number of nitrogens with one attached hydrogen (secondary N) is 1. The van der Waals surface area contributed by atoms with Gasteiger partial charge in [0.05, 0.1) is 12.5 Å². The van der Waals surface area contributed by atoms with Crippen LogP contribution in [0.5, 0.6) is 5.75 Å². The van der Waals surface area contributed by atoms with Crippen LogP contribution >= 0.6 is 0 Å². The number of rotatable bonds is 18. The van der Waals surface area contributed by atoms with E-state index in [0.29, 0.717) is 24.4 Å². The number of ether oxygens (including phenoxy) is 1. The molecule has 4 aromatic rings. The molecule has 1 aliphatic rings. The van der Waals surface area contributed by atoms with Crippen LogP contribution in [0.3, 0.4) is 0 Å². The van der Waals surface area contributed by atoms with Gasteiger partial charge < -0.3 is 20.1 Å². The molecule has 2 heterocycles. The summed E-state index contributed by atoms with van der Waals surface area (Å²) in [6.07, 6.45) is 13.4. The molecule has 268 valence electrons. The minimum atomic E-state index is -0.911. The number of unbranched alkanes of at least 4 members (excludes halogenated alkanes) is 5. The van der Waals surface area contributed by atoms with Crippen molar-refractivity contribution in [1.29, 1.82) is 0 Å². The number of carboxylic acid groups (broad SMARTS) is 1. The number of nitrogens with zero attached hydrogens (tertiary/aromatic N) is 3. The van der Waals surface area contributed by atoms with Crippen molar-refractivity contribution in [2.75, 3.05) is 19.7 Å². The minimum Gasteiger partial charge on any atom is -0.494 e. The molecule has 1 fully saturated rings. The summed E-state index contributed by atoms with van der Waals surface area (Å²) >= 11 is 0. The molecule has 9 nitrogen and oxygen atoms in total. The van der Waals surface area contributed by atoms with E-state index in [1.807, 2.05) is 60.7 Å². The van der Waals surface area contributed by atoms with Crippen LogP contribution in [0, 0.1) is 5.92 Å². The summed E-state index contributed by atoms with van der Waals surface area (Å²) in [5.41, 5.74) is 5.23. The molecule has 2 amide bonds. The number of carbonyl (C=O) groups excluding carboxylic acids is 2. The topological polar surface area (TPSA) is 122 Å². The van der Waals surface area contributed by atoms with Crippen molar-refractivity contribution in [3.05, 3.63) is 102 Å². The van der Waals surface area contributed by atoms with Gasteiger partial charge in [-0.05, 0) is 66.6 Å². The SMILES string of the molecule is CCCCCCCOc1ccc(-c2cnc(-c3ccc(C[C@H](NC(=O)c4ccc(CCCC)cc4)C(=O)N4CC[C@H](C(=O)O)C4)cc3)nc2)cc1. The van der Waals surface area contributed by atoms with Gasteiger partial charge in [0.2, 0.25) is 5.91 Å². The van der Waals surface area contributed by atoms with Gasteiger partial charge in [-0.1, -0.05) is 94.5 Å². The fraction of sp³-hybridized carbons (Fsp3) is 0.405. The zero-order chi connectivity index (χ0) is 36.0. The molecule has 51 heavy (non-hydrogen) atoms. The number of hydrogen-bond donors (Lipinski definition) is 2. The molecule has 0 aliphatic carbocycles. The molecule has 0 radical (unpaired) electrons. The largest absolute Gasteiger partial charge is 0.494 e. The van der Waals surface area contributed by atoms with Crippen LogP contribution in [-0.4, -0.2) is 63.5 Å². The first-order valence-electron chi connectivity index (χ1n) is 18.4. The molecule has 5 rings (SSSR count). The fourth-order valence-corrected chi connectivity index (χ4v) is 6.32. The predicted octanol–water partition coefficient (Wildman–Crippen LogP) is 7.78. The van der Waals surface area contributed by atoms with Gasteiger partial charge in [0, 0.05) is 48.6 Å². The Bertz CT molecular complexity index is 1710. The predicted molar refractivity (Wildman–Crippen MR) is 199 cm³/mol. The smallest absolute Gasteiger partial charge is 0.308 e. The number of aryl methyl sites for hydroxylation is 1. The maximum absolute atomic E-state index is 13.7. The first-order valence-corrected chi connectivity index (χ1v) is 18.4. The molecule has 1 aliphatic heterocycles. The number of likely N-dealkylation sites (tertiary alicyclic amines) is 1. The highest BCUT2D eigenvalue weighted by Gasteiger charge is 2.35. The van der Waals surface area contributed by atoms with Crippen LogP contribution in [0.1, 0.15) is 86.7 Å². The average Bonchev–Trinajstić information content (AvgIpc) is 3.67. The highest BCUT2D eigenvalue weighted by molar-refractivity contribution is 5.97. The second kappa shape index (κ2) is 18.8. The Balaban J connectivity index is 1.22. The molecule has 1 saturated heterocycles. The number of amides is 2. The summed E-state index contributed by atoms with van der Waals surface area (Å²) in [7, 11) is 0. The lowest BCUT2D eigenvalue weighted by Gasteiger charge is -2.24. The van der Waals surface area contributed by atoms with Gasteiger partial charge in [0.1, 0.15) is 11.8 Å². The van der Waals surface area contributed by atoms with Crippen molar-refractivity contribution in [2.24, 2.45) is 5.92 Å². The van der Waals surface area contributed by atoms with E-state index < -0.39 is 17.9 Å². The van der Waals surface area contributed by atoms with E-state index in [4.69, 9.17) is 4.74 Å². The van der Waals surface area contributed by atoms with Gasteiger partial charge >= 0.3 is 5.97 Å². The van der Waals surface area contributed by atoms with E-state index in [9.17, 15) is 19.5 Å². The van der Waals surface area contributed by atoms with Crippen molar-refractivity contribution in [1.82, 2.24) is 20.2 Å². The second-order valence-corrected chi connectivity index (χ2v) is 13.4. The highest BCUT2D eigenvalue weighted by atomic mass is 16.5. The Kier molecular flexibility index (Phi) is 13.7. The third kappa shape index (κ3) is 10.7. The Hall–Kier alpha value is -5.05. The van der Waals surface area contributed by atoms with Gasteiger partial charge in [-0.3, -0.25) is 14.4 Å². The molecular formula is C42H50N4O5. The summed E-state index contributed by atoms with van der Waals surface area (Å²) < 4.78 is 5.90. The lowest BCUT2D eigenvalue weighted by Crippen LogP contribution is -2.49. The summed E-state index contributed by atoms with van der Waals surface area (Å²) in [6.45, 7) is 5.57. The van der Waals surface area contributed by atoms with Crippen molar-refractivity contribution >= 4 is 17.8 Å². The lowest BCUT2D eigenvalue weighted by atomic mass is 10.0. The lowest BCUT2D eigenvalue weighted by molar-refractivity contribution is -0.141. The van der Waals surface area contributed by atoms with E-state index >= 15 is 0 Å². The first kappa shape index (κ1) is 37.2. The van der Waals surface area contributed by atoms with Crippen LogP contribution < -0.4 is 10.1 Å². The Labute approximate surface area is 301 Å². The molecular weight excluding hydrogens is 640 g/mol. The van der Waals surface area contributed by atoms with Gasteiger partial charge in [-0.2, -0.15) is 0 Å². The van der Waals surface area contributed by atoms with Crippen LogP contribution in [0.15, 0.2) is 85.2 Å². The van der Waals surface area contributed by atoms with E-state index in [1.165, 1.54) is 31.2 Å². The fourth-order valence-electron chi connectivity index (χ4n) is 6.32. The molecule has 0 spiro atoms. The Morgan fingerprint density at radius 3 is 2.10 bits per heavy atom. The third-order valence-electron chi connectivity index (χ3n) is 9.50. The summed E-state index contributed by atoms with van der Waals surface area (Å²) in [4.78, 5) is 49.4. The van der Waals surface area contributed by atoms with Gasteiger partial charge in [0.25, 0.3) is 5.91 Å². The number of hydrogen-bond acceptors (Lipinski definition) is 6. The summed E-state index contributed by atoms with van der Waals surface area (Å²) in [5.74, 6) is -0.697. The molecule has 2 atom stereocenters. The van der Waals surface area contributed by atoms with E-state index in [-0.39, 0.29) is 24.8 Å². The molecule has 2 N–H and O–H groups in total. The van der Waals surface area contributed by atoms with Gasteiger partial charge in [-0.25, -0.2) is 9.97 Å². The number of aliphatic carboxylic acids is 1. The molecule has 0 unspecified atom stereocenters. The second-order valence-electron chi connectivity index (χ2n) is 13.4.